The summed E-state index contributed by atoms with van der Waals surface area (Å²) < 4.78 is 8.35. The number of carbonyl (C=O) groups is 1. The van der Waals surface area contributed by atoms with Crippen LogP contribution >= 0.6 is 22.7 Å². The van der Waals surface area contributed by atoms with Gasteiger partial charge < -0.3 is 10.0 Å². The molecule has 26 heavy (non-hydrogen) atoms. The monoisotopic (exact) mass is 391 g/mol. The van der Waals surface area contributed by atoms with E-state index in [9.17, 15) is 9.90 Å². The van der Waals surface area contributed by atoms with Gasteiger partial charge in [0.25, 0.3) is 0 Å². The summed E-state index contributed by atoms with van der Waals surface area (Å²) >= 11 is 3.56. The number of hydrogen-bond donors (Lipinski definition) is 1. The maximum Gasteiger partial charge on any atom is 0.307 e. The van der Waals surface area contributed by atoms with Gasteiger partial charge >= 0.3 is 5.97 Å². The van der Waals surface area contributed by atoms with Crippen LogP contribution in [0.25, 0.3) is 5.57 Å². The summed E-state index contributed by atoms with van der Waals surface area (Å²) in [5.41, 5.74) is 5.23. The number of carboxylic acid groups (broad SMARTS) is 1. The van der Waals surface area contributed by atoms with E-state index < -0.39 is 18.4 Å². The molecule has 5 heteroatoms. The van der Waals surface area contributed by atoms with Gasteiger partial charge in [-0.15, -0.1) is 22.7 Å². The number of carboxylic acids is 1. The Morgan fingerprint density at radius 1 is 1.27 bits per heavy atom. The fraction of sp³-hybridized carbons (Fsp3) is 0.476. The minimum atomic E-state index is -0.837. The Labute approximate surface area is 165 Å². The molecule has 1 unspecified atom stereocenters. The van der Waals surface area contributed by atoms with E-state index in [1.807, 2.05) is 4.90 Å². The fourth-order valence-corrected chi connectivity index (χ4v) is 5.65. The number of aliphatic carboxylic acids is 1. The number of hydrogen-bond acceptors (Lipinski definition) is 4. The molecule has 0 radical (unpaired) electrons. The van der Waals surface area contributed by atoms with Crippen molar-refractivity contribution in [1.29, 1.82) is 0 Å². The van der Waals surface area contributed by atoms with Crippen molar-refractivity contribution in [3.63, 3.8) is 0 Å². The van der Waals surface area contributed by atoms with Crippen LogP contribution in [0.15, 0.2) is 28.5 Å². The van der Waals surface area contributed by atoms with Crippen molar-refractivity contribution in [2.24, 2.45) is 5.92 Å². The van der Waals surface area contributed by atoms with Crippen LogP contribution in [0.2, 0.25) is 0 Å². The number of likely N-dealkylation sites (tertiary alicyclic amines) is 1. The summed E-state index contributed by atoms with van der Waals surface area (Å²) in [4.78, 5) is 16.1. The second-order valence-corrected chi connectivity index (χ2v) is 8.88. The van der Waals surface area contributed by atoms with Crippen molar-refractivity contribution in [3.05, 3.63) is 49.3 Å². The highest BCUT2D eigenvalue weighted by Crippen LogP contribution is 2.38. The van der Waals surface area contributed by atoms with Gasteiger partial charge in [-0.05, 0) is 80.6 Å². The number of piperidine rings is 1. The predicted octanol–water partition coefficient (Wildman–Crippen LogP) is 5.43. The van der Waals surface area contributed by atoms with Crippen LogP contribution in [0.4, 0.5) is 0 Å². The molecule has 1 aliphatic rings. The van der Waals surface area contributed by atoms with E-state index in [-0.39, 0.29) is 0 Å². The van der Waals surface area contributed by atoms with E-state index in [1.54, 1.807) is 22.7 Å². The summed E-state index contributed by atoms with van der Waals surface area (Å²) in [7, 11) is 0. The summed E-state index contributed by atoms with van der Waals surface area (Å²) in [5, 5.41) is 13.6. The van der Waals surface area contributed by atoms with Crippen molar-refractivity contribution in [1.82, 2.24) is 4.90 Å². The van der Waals surface area contributed by atoms with Crippen LogP contribution in [0.1, 0.15) is 48.4 Å². The Hall–Kier alpha value is -1.43. The molecule has 140 valence electrons. The Morgan fingerprint density at radius 2 is 1.88 bits per heavy atom. The number of thiophene rings is 2. The first kappa shape index (κ1) is 18.0. The third kappa shape index (κ3) is 4.27. The molecule has 0 amide bonds. The van der Waals surface area contributed by atoms with Crippen LogP contribution < -0.4 is 0 Å². The first-order valence-electron chi connectivity index (χ1n) is 9.65. The lowest BCUT2D eigenvalue weighted by Crippen LogP contribution is -2.39. The maximum absolute atomic E-state index is 11.4. The SMILES string of the molecule is [3H][C@H]1C(C(=O)O)CCCN1CCC(C)=C(c1sccc1C)c1sccc1C. The van der Waals surface area contributed by atoms with Gasteiger partial charge in [0.05, 0.1) is 5.92 Å². The largest absolute Gasteiger partial charge is 0.481 e. The molecule has 2 atom stereocenters. The molecule has 0 saturated carbocycles. The van der Waals surface area contributed by atoms with E-state index in [0.717, 1.165) is 25.9 Å². The molecule has 1 fully saturated rings. The van der Waals surface area contributed by atoms with Gasteiger partial charge in [-0.3, -0.25) is 4.79 Å². The minimum absolute atomic E-state index is 0.568. The third-order valence-electron chi connectivity index (χ3n) is 5.05. The highest BCUT2D eigenvalue weighted by Gasteiger charge is 2.25. The van der Waals surface area contributed by atoms with Gasteiger partial charge in [0.15, 0.2) is 0 Å². The molecule has 2 aromatic rings. The topological polar surface area (TPSA) is 40.5 Å². The Kier molecular flexibility index (Phi) is 5.88. The van der Waals surface area contributed by atoms with Gasteiger partial charge in [-0.1, -0.05) is 5.57 Å². The molecule has 0 aromatic carbocycles. The van der Waals surface area contributed by atoms with E-state index >= 15 is 0 Å². The molecule has 0 aliphatic carbocycles. The first-order valence-corrected chi connectivity index (χ1v) is 10.8. The number of aryl methyl sites for hydroxylation is 2. The zero-order valence-electron chi connectivity index (χ0n) is 16.6. The summed E-state index contributed by atoms with van der Waals surface area (Å²) in [5.74, 6) is -1.40. The molecule has 0 spiro atoms. The van der Waals surface area contributed by atoms with Crippen LogP contribution in [-0.4, -0.2) is 35.6 Å². The Balaban J connectivity index is 1.84. The Morgan fingerprint density at radius 3 is 2.38 bits per heavy atom. The highest BCUT2D eigenvalue weighted by molar-refractivity contribution is 7.14. The van der Waals surface area contributed by atoms with E-state index in [4.69, 9.17) is 1.37 Å². The smallest absolute Gasteiger partial charge is 0.307 e. The third-order valence-corrected chi connectivity index (χ3v) is 7.12. The molecule has 3 heterocycles. The van der Waals surface area contributed by atoms with Gasteiger partial charge in [0.2, 0.25) is 0 Å². The zero-order valence-corrected chi connectivity index (χ0v) is 17.3. The predicted molar refractivity (Wildman–Crippen MR) is 111 cm³/mol. The quantitative estimate of drug-likeness (QED) is 0.713. The Bertz CT molecular complexity index is 797. The normalized spacial score (nSPS) is 21.4. The molecule has 2 aromatic heterocycles. The molecular weight excluding hydrogens is 362 g/mol. The van der Waals surface area contributed by atoms with Crippen LogP contribution in [-0.2, 0) is 4.79 Å². The lowest BCUT2D eigenvalue weighted by molar-refractivity contribution is -0.143. The second-order valence-electron chi connectivity index (χ2n) is 7.04. The van der Waals surface area contributed by atoms with E-state index in [1.165, 1.54) is 32.0 Å². The van der Waals surface area contributed by atoms with Crippen molar-refractivity contribution in [2.45, 2.75) is 40.0 Å². The van der Waals surface area contributed by atoms with E-state index in [0.29, 0.717) is 6.42 Å². The number of nitrogens with zero attached hydrogens (tertiary/aromatic N) is 1. The molecule has 1 N–H and O–H groups in total. The highest BCUT2D eigenvalue weighted by atomic mass is 32.1. The molecule has 0 bridgehead atoms. The minimum Gasteiger partial charge on any atom is -0.481 e. The molecular formula is C21H27NO2S2. The second kappa shape index (κ2) is 8.51. The summed E-state index contributed by atoms with van der Waals surface area (Å²) in [6.45, 7) is 7.41. The van der Waals surface area contributed by atoms with Crippen molar-refractivity contribution >= 4 is 34.2 Å². The zero-order chi connectivity index (χ0) is 19.6. The molecule has 1 saturated heterocycles. The van der Waals surface area contributed by atoms with Gasteiger partial charge in [-0.25, -0.2) is 0 Å². The van der Waals surface area contributed by atoms with Crippen LogP contribution in [0, 0.1) is 19.8 Å². The summed E-state index contributed by atoms with van der Waals surface area (Å²) in [6, 6.07) is 4.33. The maximum atomic E-state index is 11.4. The van der Waals surface area contributed by atoms with Crippen LogP contribution in [0.3, 0.4) is 0 Å². The van der Waals surface area contributed by atoms with Gasteiger partial charge in [-0.2, -0.15) is 0 Å². The molecule has 1 aliphatic heterocycles. The molecule has 3 nitrogen and oxygen atoms in total. The van der Waals surface area contributed by atoms with Crippen molar-refractivity contribution in [3.8, 4) is 0 Å². The van der Waals surface area contributed by atoms with Gasteiger partial charge in [0, 0.05) is 29.8 Å². The molecule has 3 rings (SSSR count). The van der Waals surface area contributed by atoms with Crippen LogP contribution in [0.5, 0.6) is 0 Å². The average Bonchev–Trinajstić information content (AvgIpc) is 3.23. The number of rotatable bonds is 6. The van der Waals surface area contributed by atoms with Crippen molar-refractivity contribution in [2.75, 3.05) is 19.6 Å². The standard InChI is InChI=1S/C21H27NO2S2/c1-14(6-10-22-9-4-5-17(13-22)21(23)24)18(19-15(2)7-11-25-19)20-16(3)8-12-26-20/h7-8,11-12,17H,4-6,9-10,13H2,1-3H3,(H,23,24)/i13T/t13-,17?/m0/s1. The van der Waals surface area contributed by atoms with E-state index in [2.05, 4.69) is 43.7 Å². The van der Waals surface area contributed by atoms with Gasteiger partial charge in [0.1, 0.15) is 0 Å². The van der Waals surface area contributed by atoms with Crippen molar-refractivity contribution < 1.29 is 11.3 Å². The fourth-order valence-electron chi connectivity index (χ4n) is 3.48. The average molecular weight is 392 g/mol. The summed E-state index contributed by atoms with van der Waals surface area (Å²) in [6.07, 6.45) is 2.32. The lowest BCUT2D eigenvalue weighted by atomic mass is 9.96. The lowest BCUT2D eigenvalue weighted by Gasteiger charge is -2.30. The first-order chi connectivity index (χ1) is 12.9.